The van der Waals surface area contributed by atoms with Crippen LogP contribution in [0.3, 0.4) is 0 Å². The molecule has 0 aliphatic heterocycles. The number of benzene rings is 2. The van der Waals surface area contributed by atoms with Gasteiger partial charge in [-0.05, 0) is 51.6 Å². The van der Waals surface area contributed by atoms with Crippen LogP contribution >= 0.6 is 0 Å². The van der Waals surface area contributed by atoms with Crippen LogP contribution in [0.1, 0.15) is 37.9 Å². The molecule has 3 aromatic rings. The summed E-state index contributed by atoms with van der Waals surface area (Å²) in [5.74, 6) is 0. The molecule has 2 aromatic carbocycles. The highest BCUT2D eigenvalue weighted by atomic mass is 15.2. The summed E-state index contributed by atoms with van der Waals surface area (Å²) in [6, 6.07) is 19.0. The Hall–Kier alpha value is -2.84. The molecule has 0 spiro atoms. The van der Waals surface area contributed by atoms with Crippen molar-refractivity contribution in [3.8, 4) is 6.19 Å². The number of imidazole rings is 1. The Labute approximate surface area is 154 Å². The molecule has 0 amide bonds. The Morgan fingerprint density at radius 2 is 1.62 bits per heavy atom. The van der Waals surface area contributed by atoms with E-state index in [9.17, 15) is 5.26 Å². The monoisotopic (exact) mass is 347 g/mol. The van der Waals surface area contributed by atoms with Gasteiger partial charge in [-0.1, -0.05) is 42.5 Å². The smallest absolute Gasteiger partial charge is 0.222 e. The van der Waals surface area contributed by atoms with Gasteiger partial charge in [0.25, 0.3) is 0 Å². The number of fused-ring (bicyclic) bond motifs is 1. The van der Waals surface area contributed by atoms with Crippen LogP contribution in [-0.4, -0.2) is 22.7 Å². The number of nitriles is 1. The summed E-state index contributed by atoms with van der Waals surface area (Å²) >= 11 is 0. The number of hydrogen-bond acceptors (Lipinski definition) is 3. The van der Waals surface area contributed by atoms with Gasteiger partial charge in [-0.2, -0.15) is 5.26 Å². The Morgan fingerprint density at radius 1 is 1.00 bits per heavy atom. The van der Waals surface area contributed by atoms with Gasteiger partial charge in [0.2, 0.25) is 11.8 Å². The van der Waals surface area contributed by atoms with E-state index in [-0.39, 0.29) is 12.1 Å². The average molecular weight is 347 g/mol. The Balaban J connectivity index is 2.36. The van der Waals surface area contributed by atoms with E-state index in [1.165, 1.54) is 5.56 Å². The van der Waals surface area contributed by atoms with Crippen LogP contribution in [-0.2, 0) is 0 Å². The average Bonchev–Trinajstić information content (AvgIpc) is 2.98. The third-order valence-electron chi connectivity index (χ3n) is 4.66. The first kappa shape index (κ1) is 18.0. The molecule has 1 aromatic heterocycles. The summed E-state index contributed by atoms with van der Waals surface area (Å²) in [6.45, 7) is 5.12. The van der Waals surface area contributed by atoms with Crippen LogP contribution in [0.2, 0.25) is 0 Å². The zero-order valence-corrected chi connectivity index (χ0v) is 15.6. The Morgan fingerprint density at radius 3 is 2.19 bits per heavy atom. The van der Waals surface area contributed by atoms with Crippen molar-refractivity contribution in [1.82, 2.24) is 14.5 Å². The molecule has 1 heterocycles. The SMILES string of the molecule is CNCC[C@H](c1ccccc1)n1c(=NC#N)n(C(C)C)c2ccccc21. The van der Waals surface area contributed by atoms with Crippen molar-refractivity contribution in [2.45, 2.75) is 32.4 Å². The number of rotatable bonds is 6. The largest absolute Gasteiger partial charge is 0.320 e. The number of para-hydroxylation sites is 2. The molecule has 1 N–H and O–H groups in total. The van der Waals surface area contributed by atoms with Gasteiger partial charge < -0.3 is 14.5 Å². The fraction of sp³-hybridized carbons (Fsp3) is 0.333. The van der Waals surface area contributed by atoms with Crippen LogP contribution in [0.25, 0.3) is 11.0 Å². The van der Waals surface area contributed by atoms with Crippen molar-refractivity contribution in [3.63, 3.8) is 0 Å². The Kier molecular flexibility index (Phi) is 5.55. The summed E-state index contributed by atoms with van der Waals surface area (Å²) in [5, 5.41) is 12.6. The second kappa shape index (κ2) is 8.03. The topological polar surface area (TPSA) is 58.0 Å². The van der Waals surface area contributed by atoms with Gasteiger partial charge >= 0.3 is 0 Å². The maximum absolute atomic E-state index is 9.35. The molecule has 0 unspecified atom stereocenters. The highest BCUT2D eigenvalue weighted by molar-refractivity contribution is 5.76. The van der Waals surface area contributed by atoms with E-state index in [0.717, 1.165) is 24.0 Å². The minimum absolute atomic E-state index is 0.0978. The molecular weight excluding hydrogens is 322 g/mol. The van der Waals surface area contributed by atoms with Crippen molar-refractivity contribution in [2.75, 3.05) is 13.6 Å². The van der Waals surface area contributed by atoms with Gasteiger partial charge in [0, 0.05) is 6.04 Å². The van der Waals surface area contributed by atoms with Crippen molar-refractivity contribution >= 4 is 11.0 Å². The zero-order valence-electron chi connectivity index (χ0n) is 15.6. The molecule has 0 aliphatic carbocycles. The van der Waals surface area contributed by atoms with Gasteiger partial charge in [0.1, 0.15) is 0 Å². The number of nitrogens with zero attached hydrogens (tertiary/aromatic N) is 4. The van der Waals surface area contributed by atoms with Gasteiger partial charge in [-0.3, -0.25) is 0 Å². The van der Waals surface area contributed by atoms with E-state index in [0.29, 0.717) is 5.62 Å². The van der Waals surface area contributed by atoms with Gasteiger partial charge in [-0.25, -0.2) is 0 Å². The first-order valence-electron chi connectivity index (χ1n) is 9.02. The second-order valence-corrected chi connectivity index (χ2v) is 6.65. The molecule has 0 saturated carbocycles. The standard InChI is InChI=1S/C21H25N5/c1-16(2)25-19-11-7-8-12-20(19)26(21(25)24-15-22)18(13-14-23-3)17-9-5-4-6-10-17/h4-12,16,18,23H,13-14H2,1-3H3/t18-/m1/s1. The lowest BCUT2D eigenvalue weighted by molar-refractivity contribution is 0.489. The minimum Gasteiger partial charge on any atom is -0.320 e. The molecule has 0 saturated heterocycles. The van der Waals surface area contributed by atoms with Gasteiger partial charge in [0.15, 0.2) is 0 Å². The van der Waals surface area contributed by atoms with E-state index in [1.54, 1.807) is 0 Å². The van der Waals surface area contributed by atoms with Crippen molar-refractivity contribution < 1.29 is 0 Å². The molecule has 5 heteroatoms. The second-order valence-electron chi connectivity index (χ2n) is 6.65. The molecule has 0 fully saturated rings. The van der Waals surface area contributed by atoms with E-state index in [2.05, 4.69) is 69.7 Å². The molecule has 5 nitrogen and oxygen atoms in total. The maximum atomic E-state index is 9.35. The lowest BCUT2D eigenvalue weighted by atomic mass is 10.0. The highest BCUT2D eigenvalue weighted by Crippen LogP contribution is 2.26. The normalized spacial score (nSPS) is 13.3. The summed E-state index contributed by atoms with van der Waals surface area (Å²) in [5.41, 5.74) is 4.12. The predicted molar refractivity (Wildman–Crippen MR) is 105 cm³/mol. The van der Waals surface area contributed by atoms with Crippen LogP contribution in [0.4, 0.5) is 0 Å². The van der Waals surface area contributed by atoms with Gasteiger partial charge in [-0.15, -0.1) is 4.99 Å². The summed E-state index contributed by atoms with van der Waals surface area (Å²) in [6.07, 6.45) is 2.92. The quantitative estimate of drug-likeness (QED) is 0.693. The number of hydrogen-bond donors (Lipinski definition) is 1. The van der Waals surface area contributed by atoms with E-state index < -0.39 is 0 Å². The van der Waals surface area contributed by atoms with E-state index in [4.69, 9.17) is 0 Å². The maximum Gasteiger partial charge on any atom is 0.222 e. The lowest BCUT2D eigenvalue weighted by Crippen LogP contribution is -2.31. The summed E-state index contributed by atoms with van der Waals surface area (Å²) < 4.78 is 4.36. The Bertz CT molecular complexity index is 973. The summed E-state index contributed by atoms with van der Waals surface area (Å²) in [4.78, 5) is 4.23. The third kappa shape index (κ3) is 3.29. The van der Waals surface area contributed by atoms with Crippen LogP contribution in [0.15, 0.2) is 59.6 Å². The fourth-order valence-corrected chi connectivity index (χ4v) is 3.57. The van der Waals surface area contributed by atoms with Crippen LogP contribution in [0, 0.1) is 11.5 Å². The van der Waals surface area contributed by atoms with E-state index >= 15 is 0 Å². The highest BCUT2D eigenvalue weighted by Gasteiger charge is 2.21. The number of aromatic nitrogens is 2. The predicted octanol–water partition coefficient (Wildman–Crippen LogP) is 3.60. The molecule has 0 radical (unpaired) electrons. The first-order valence-corrected chi connectivity index (χ1v) is 9.02. The molecule has 26 heavy (non-hydrogen) atoms. The first-order chi connectivity index (χ1) is 12.7. The van der Waals surface area contributed by atoms with Crippen LogP contribution < -0.4 is 10.9 Å². The third-order valence-corrected chi connectivity index (χ3v) is 4.66. The molecule has 134 valence electrons. The number of nitrogens with one attached hydrogen (secondary N) is 1. The van der Waals surface area contributed by atoms with Gasteiger partial charge in [0.05, 0.1) is 17.1 Å². The molecule has 1 atom stereocenters. The lowest BCUT2D eigenvalue weighted by Gasteiger charge is -2.20. The van der Waals surface area contributed by atoms with Crippen molar-refractivity contribution in [2.24, 2.45) is 4.99 Å². The van der Waals surface area contributed by atoms with Crippen molar-refractivity contribution in [1.29, 1.82) is 5.26 Å². The fourth-order valence-electron chi connectivity index (χ4n) is 3.57. The minimum atomic E-state index is 0.0978. The zero-order chi connectivity index (χ0) is 18.5. The molecule has 0 bridgehead atoms. The van der Waals surface area contributed by atoms with Crippen LogP contribution in [0.5, 0.6) is 0 Å². The molecule has 0 aliphatic rings. The molecular formula is C21H25N5. The van der Waals surface area contributed by atoms with Crippen molar-refractivity contribution in [3.05, 3.63) is 65.8 Å². The van der Waals surface area contributed by atoms with E-state index in [1.807, 2.05) is 31.4 Å². The summed E-state index contributed by atoms with van der Waals surface area (Å²) in [7, 11) is 1.96. The molecule has 3 rings (SSSR count).